The van der Waals surface area contributed by atoms with Gasteiger partial charge in [0.1, 0.15) is 6.10 Å². The summed E-state index contributed by atoms with van der Waals surface area (Å²) in [4.78, 5) is -2.86. The van der Waals surface area contributed by atoms with Crippen LogP contribution in [-0.4, -0.2) is 54.1 Å². The molecular formula is C10H8F11NO2. The van der Waals surface area contributed by atoms with Gasteiger partial charge in [0.25, 0.3) is 0 Å². The molecule has 2 aliphatic rings. The second-order valence-electron chi connectivity index (χ2n) is 5.10. The lowest BCUT2D eigenvalue weighted by Crippen LogP contribution is -2.77. The van der Waals surface area contributed by atoms with Crippen LogP contribution in [-0.2, 0) is 9.47 Å². The topological polar surface area (TPSA) is 21.7 Å². The molecule has 2 atom stereocenters. The van der Waals surface area contributed by atoms with Crippen molar-refractivity contribution in [2.75, 3.05) is 6.61 Å². The Balaban J connectivity index is 2.50. The third-order valence-electron chi connectivity index (χ3n) is 3.47. The smallest absolute Gasteiger partial charge is 0.372 e. The molecule has 2 aliphatic heterocycles. The molecule has 14 heteroatoms. The largest absolute Gasteiger partial charge is 0.439 e. The third kappa shape index (κ3) is 2.53. The van der Waals surface area contributed by atoms with Gasteiger partial charge in [0.05, 0.1) is 0 Å². The molecule has 0 spiro atoms. The van der Waals surface area contributed by atoms with Gasteiger partial charge in [-0.3, -0.25) is 0 Å². The first kappa shape index (κ1) is 19.4. The SMILES string of the molecule is FC(N1C(F)(F)C(F)(F)OC(F)(F)C1(F)F)C(F)(F)C1CCCO1. The first-order valence-corrected chi connectivity index (χ1v) is 6.23. The molecule has 2 rings (SSSR count). The number of rotatable bonds is 3. The van der Waals surface area contributed by atoms with E-state index in [0.29, 0.717) is 0 Å². The second-order valence-corrected chi connectivity index (χ2v) is 5.10. The van der Waals surface area contributed by atoms with Crippen LogP contribution in [0.5, 0.6) is 0 Å². The minimum absolute atomic E-state index is 0.130. The highest BCUT2D eigenvalue weighted by Crippen LogP contribution is 2.58. The molecule has 0 aliphatic carbocycles. The highest BCUT2D eigenvalue weighted by molar-refractivity contribution is 5.00. The summed E-state index contributed by atoms with van der Waals surface area (Å²) in [5.74, 6) is -5.20. The highest BCUT2D eigenvalue weighted by Gasteiger charge is 2.85. The summed E-state index contributed by atoms with van der Waals surface area (Å²) < 4.78 is 153. The fourth-order valence-corrected chi connectivity index (χ4v) is 2.23. The minimum atomic E-state index is -6.50. The van der Waals surface area contributed by atoms with Gasteiger partial charge in [0, 0.05) is 6.61 Å². The van der Waals surface area contributed by atoms with E-state index < -0.39 is 60.6 Å². The lowest BCUT2D eigenvalue weighted by Gasteiger charge is -2.49. The molecule has 2 heterocycles. The summed E-state index contributed by atoms with van der Waals surface area (Å²) in [5, 5.41) is 0. The molecule has 2 saturated heterocycles. The average molecular weight is 383 g/mol. The van der Waals surface area contributed by atoms with Gasteiger partial charge >= 0.3 is 30.2 Å². The van der Waals surface area contributed by atoms with E-state index in [4.69, 9.17) is 0 Å². The Morgan fingerprint density at radius 1 is 0.917 bits per heavy atom. The molecule has 0 saturated carbocycles. The Morgan fingerprint density at radius 2 is 1.38 bits per heavy atom. The molecule has 0 amide bonds. The first-order chi connectivity index (χ1) is 10.6. The van der Waals surface area contributed by atoms with Crippen molar-refractivity contribution in [1.29, 1.82) is 0 Å². The predicted molar refractivity (Wildman–Crippen MR) is 51.5 cm³/mol. The maximum absolute atomic E-state index is 13.8. The molecule has 0 N–H and O–H groups in total. The second kappa shape index (κ2) is 5.30. The molecule has 24 heavy (non-hydrogen) atoms. The van der Waals surface area contributed by atoms with Crippen molar-refractivity contribution >= 4 is 0 Å². The zero-order valence-electron chi connectivity index (χ0n) is 11.2. The number of nitrogens with zero attached hydrogens (tertiary/aromatic N) is 1. The molecule has 2 fully saturated rings. The van der Waals surface area contributed by atoms with Crippen LogP contribution < -0.4 is 0 Å². The van der Waals surface area contributed by atoms with E-state index in [1.807, 2.05) is 0 Å². The average Bonchev–Trinajstić information content (AvgIpc) is 2.89. The summed E-state index contributed by atoms with van der Waals surface area (Å²) in [5.41, 5.74) is 0. The van der Waals surface area contributed by atoms with Crippen molar-refractivity contribution in [3.8, 4) is 0 Å². The van der Waals surface area contributed by atoms with Crippen LogP contribution in [0.2, 0.25) is 0 Å². The van der Waals surface area contributed by atoms with E-state index in [0.717, 1.165) is 0 Å². The summed E-state index contributed by atoms with van der Waals surface area (Å²) in [6.45, 7) is -0.408. The van der Waals surface area contributed by atoms with Crippen LogP contribution in [0.1, 0.15) is 12.8 Å². The summed E-state index contributed by atoms with van der Waals surface area (Å²) in [6, 6.07) is -13.0. The van der Waals surface area contributed by atoms with Gasteiger partial charge < -0.3 is 4.74 Å². The molecule has 0 bridgehead atoms. The third-order valence-corrected chi connectivity index (χ3v) is 3.47. The van der Waals surface area contributed by atoms with Crippen molar-refractivity contribution < 1.29 is 57.8 Å². The van der Waals surface area contributed by atoms with E-state index >= 15 is 0 Å². The van der Waals surface area contributed by atoms with Crippen molar-refractivity contribution in [3.05, 3.63) is 0 Å². The number of morpholine rings is 1. The molecule has 3 nitrogen and oxygen atoms in total. The van der Waals surface area contributed by atoms with E-state index in [9.17, 15) is 48.3 Å². The molecule has 0 aromatic heterocycles. The molecule has 2 unspecified atom stereocenters. The number of halogens is 11. The van der Waals surface area contributed by atoms with E-state index in [1.54, 1.807) is 0 Å². The zero-order chi connectivity index (χ0) is 18.8. The number of hydrogen-bond acceptors (Lipinski definition) is 3. The fraction of sp³-hybridized carbons (Fsp3) is 1.00. The summed E-state index contributed by atoms with van der Waals surface area (Å²) in [6.07, 6.45) is -21.0. The van der Waals surface area contributed by atoms with Crippen LogP contribution in [0.4, 0.5) is 48.3 Å². The van der Waals surface area contributed by atoms with Crippen molar-refractivity contribution in [1.82, 2.24) is 4.90 Å². The summed E-state index contributed by atoms with van der Waals surface area (Å²) in [7, 11) is 0. The van der Waals surface area contributed by atoms with Gasteiger partial charge in [0.15, 0.2) is 0 Å². The van der Waals surface area contributed by atoms with Gasteiger partial charge in [-0.15, -0.1) is 4.90 Å². The molecule has 142 valence electrons. The minimum Gasteiger partial charge on any atom is -0.372 e. The Morgan fingerprint density at radius 3 is 1.75 bits per heavy atom. The van der Waals surface area contributed by atoms with Gasteiger partial charge in [-0.25, -0.2) is 9.13 Å². The zero-order valence-corrected chi connectivity index (χ0v) is 11.2. The van der Waals surface area contributed by atoms with E-state index in [-0.39, 0.29) is 6.42 Å². The first-order valence-electron chi connectivity index (χ1n) is 6.23. The van der Waals surface area contributed by atoms with Crippen LogP contribution >= 0.6 is 0 Å². The maximum Gasteiger partial charge on any atom is 0.439 e. The molecule has 0 radical (unpaired) electrons. The Hall–Kier alpha value is -0.890. The Labute approximate surface area is 126 Å². The highest BCUT2D eigenvalue weighted by atomic mass is 19.4. The Kier molecular flexibility index (Phi) is 4.29. The van der Waals surface area contributed by atoms with Crippen LogP contribution in [0.25, 0.3) is 0 Å². The normalized spacial score (nSPS) is 33.4. The van der Waals surface area contributed by atoms with Gasteiger partial charge in [0.2, 0.25) is 6.30 Å². The molecule has 0 aromatic carbocycles. The van der Waals surface area contributed by atoms with Crippen molar-refractivity contribution in [3.63, 3.8) is 0 Å². The van der Waals surface area contributed by atoms with Gasteiger partial charge in [-0.2, -0.15) is 43.9 Å². The maximum atomic E-state index is 13.8. The van der Waals surface area contributed by atoms with E-state index in [2.05, 4.69) is 9.47 Å². The van der Waals surface area contributed by atoms with Gasteiger partial charge in [-0.1, -0.05) is 0 Å². The lowest BCUT2D eigenvalue weighted by atomic mass is 10.1. The standard InChI is InChI=1S/C10H8F11NO2/c11-5(6(12,13)4-2-1-3-23-4)22-7(14,15)9(18,19)24-10(20,21)8(22,16)17/h4-5H,1-3H2. The molecular weight excluding hydrogens is 375 g/mol. The quantitative estimate of drug-likeness (QED) is 0.547. The number of ether oxygens (including phenoxy) is 2. The van der Waals surface area contributed by atoms with Crippen LogP contribution in [0.3, 0.4) is 0 Å². The van der Waals surface area contributed by atoms with Crippen LogP contribution in [0.15, 0.2) is 0 Å². The van der Waals surface area contributed by atoms with Gasteiger partial charge in [-0.05, 0) is 12.8 Å². The number of hydrogen-bond donors (Lipinski definition) is 0. The van der Waals surface area contributed by atoms with E-state index in [1.165, 1.54) is 0 Å². The predicted octanol–water partition coefficient (Wildman–Crippen LogP) is 3.80. The van der Waals surface area contributed by atoms with Crippen molar-refractivity contribution in [2.45, 2.75) is 55.5 Å². The summed E-state index contributed by atoms with van der Waals surface area (Å²) >= 11 is 0. The lowest BCUT2D eigenvalue weighted by molar-refractivity contribution is -0.575. The van der Waals surface area contributed by atoms with Crippen molar-refractivity contribution in [2.24, 2.45) is 0 Å². The fourth-order valence-electron chi connectivity index (χ4n) is 2.23. The monoisotopic (exact) mass is 383 g/mol. The molecule has 0 aromatic rings. The number of alkyl halides is 11. The van der Waals surface area contributed by atoms with Crippen LogP contribution in [0, 0.1) is 0 Å². The Bertz CT molecular complexity index is 465.